The molecule has 2 aliphatic rings. The van der Waals surface area contributed by atoms with Crippen molar-refractivity contribution in [2.75, 3.05) is 27.2 Å². The van der Waals surface area contributed by atoms with Gasteiger partial charge in [-0.3, -0.25) is 14.5 Å². The Hall–Kier alpha value is -3.71. The number of fused-ring (bicyclic) bond motifs is 2. The zero-order chi connectivity index (χ0) is 26.0. The van der Waals surface area contributed by atoms with Crippen molar-refractivity contribution in [3.63, 3.8) is 0 Å². The Morgan fingerprint density at radius 2 is 1.08 bits per heavy atom. The molecule has 5 aromatic carbocycles. The fraction of sp³-hybridized carbons (Fsp3) is 0.172. The van der Waals surface area contributed by atoms with E-state index in [9.17, 15) is 19.2 Å². The first-order chi connectivity index (χ1) is 17.9. The molecule has 0 spiro atoms. The number of hydrogen-bond donors (Lipinski definition) is 1. The second kappa shape index (κ2) is 9.55. The minimum atomic E-state index is -0.531. The van der Waals surface area contributed by atoms with Gasteiger partial charge in [0.15, 0.2) is 0 Å². The summed E-state index contributed by atoms with van der Waals surface area (Å²) in [5, 5.41) is 13.9. The molecule has 2 heterocycles. The van der Waals surface area contributed by atoms with Crippen LogP contribution in [0.4, 0.5) is 0 Å². The zero-order valence-corrected chi connectivity index (χ0v) is 23.6. The second-order valence-electron chi connectivity index (χ2n) is 9.22. The van der Waals surface area contributed by atoms with E-state index in [1.165, 1.54) is 7.05 Å². The van der Waals surface area contributed by atoms with Crippen LogP contribution in [0.2, 0.25) is 0 Å². The van der Waals surface area contributed by atoms with Gasteiger partial charge in [0.25, 0.3) is 11.8 Å². The van der Waals surface area contributed by atoms with Gasteiger partial charge < -0.3 is 26.0 Å². The van der Waals surface area contributed by atoms with Crippen molar-refractivity contribution in [3.05, 3.63) is 81.4 Å². The minimum absolute atomic E-state index is 0. The summed E-state index contributed by atoms with van der Waals surface area (Å²) in [6.45, 7) is 1.67. The third-order valence-electron chi connectivity index (χ3n) is 7.22. The fourth-order valence-electron chi connectivity index (χ4n) is 5.52. The molecule has 8 nitrogen and oxygen atoms in total. The molecular formula is C29H22N4O4W. The van der Waals surface area contributed by atoms with Crippen LogP contribution in [0, 0.1) is 0 Å². The molecule has 0 saturated carbocycles. The zero-order valence-electron chi connectivity index (χ0n) is 20.7. The number of carbonyl (C=O) groups excluding carboxylic acids is 4. The molecule has 0 bridgehead atoms. The van der Waals surface area contributed by atoms with Gasteiger partial charge in [-0.2, -0.15) is 7.05 Å². The molecule has 0 unspecified atom stereocenters. The Labute approximate surface area is 232 Å². The summed E-state index contributed by atoms with van der Waals surface area (Å²) < 4.78 is 0. The number of amides is 4. The van der Waals surface area contributed by atoms with Crippen LogP contribution in [-0.2, 0) is 21.1 Å². The number of nitrogens with zero attached hydrogens (tertiary/aromatic N) is 3. The van der Waals surface area contributed by atoms with Crippen molar-refractivity contribution in [2.45, 2.75) is 6.42 Å². The molecule has 0 atom stereocenters. The molecule has 188 valence electrons. The first-order valence-electron chi connectivity index (χ1n) is 12.0. The summed E-state index contributed by atoms with van der Waals surface area (Å²) in [7, 11) is 3.29. The van der Waals surface area contributed by atoms with E-state index in [2.05, 4.69) is 10.6 Å². The van der Waals surface area contributed by atoms with E-state index in [0.717, 1.165) is 56.7 Å². The van der Waals surface area contributed by atoms with Crippen LogP contribution in [0.1, 0.15) is 47.9 Å². The van der Waals surface area contributed by atoms with Gasteiger partial charge in [0.05, 0.1) is 11.8 Å². The Bertz CT molecular complexity index is 1710. The Kier molecular flexibility index (Phi) is 6.51. The van der Waals surface area contributed by atoms with E-state index in [0.29, 0.717) is 33.0 Å². The maximum absolute atomic E-state index is 12.8. The van der Waals surface area contributed by atoms with E-state index < -0.39 is 11.8 Å². The Morgan fingerprint density at radius 3 is 1.45 bits per heavy atom. The molecule has 5 aromatic rings. The van der Waals surface area contributed by atoms with Crippen molar-refractivity contribution < 1.29 is 40.2 Å². The van der Waals surface area contributed by atoms with Crippen molar-refractivity contribution in [3.8, 4) is 0 Å². The first kappa shape index (κ1) is 25.9. The van der Waals surface area contributed by atoms with Crippen LogP contribution in [-0.4, -0.2) is 55.7 Å². The summed E-state index contributed by atoms with van der Waals surface area (Å²) in [5.41, 5.74) is 6.97. The van der Waals surface area contributed by atoms with E-state index >= 15 is 0 Å². The second-order valence-corrected chi connectivity index (χ2v) is 9.22. The molecule has 2 N–H and O–H groups in total. The molecule has 0 saturated heterocycles. The van der Waals surface area contributed by atoms with Crippen LogP contribution < -0.4 is 5.73 Å². The maximum Gasteiger partial charge on any atom is 2.00 e. The number of benzene rings is 5. The van der Waals surface area contributed by atoms with Crippen molar-refractivity contribution >= 4 is 66.7 Å². The van der Waals surface area contributed by atoms with Crippen LogP contribution in [0.3, 0.4) is 0 Å². The minimum Gasteiger partial charge on any atom is -0.665 e. The van der Waals surface area contributed by atoms with Crippen LogP contribution in [0.5, 0.6) is 0 Å². The number of hydrogen-bond acceptors (Lipinski definition) is 5. The average molecular weight is 674 g/mol. The molecule has 7 rings (SSSR count). The standard InChI is InChI=1S/C25H12N2O4.C4H11N2.W/c1-27-24(30)16-8-4-12-10-2-6-14-20-15(23(29)26-22(14)28)7-3-11(18(10)20)13-5-9-17(25(27)31)21(16)19(12)13;1-6-4-2-3-5;/h2-9H,1H3,(H,26,28,29);2-5H2,1H3;/q;-1;+2/p-1. The maximum atomic E-state index is 12.8. The SMILES string of the molecule is CN1C(=O)c2ccc3c4ccc5c6c(ccc(c7ccc(c2c37)C1=O)c64)C(=O)[N-]C5=O.C[N-]CCCN.[W+2]. The van der Waals surface area contributed by atoms with E-state index in [4.69, 9.17) is 5.73 Å². The molecule has 4 amide bonds. The predicted molar refractivity (Wildman–Crippen MR) is 144 cm³/mol. The van der Waals surface area contributed by atoms with Gasteiger partial charge in [0.1, 0.15) is 0 Å². The van der Waals surface area contributed by atoms with E-state index in [1.807, 2.05) is 24.3 Å². The predicted octanol–water partition coefficient (Wildman–Crippen LogP) is 4.97. The third kappa shape index (κ3) is 3.48. The largest absolute Gasteiger partial charge is 2.00 e. The normalized spacial score (nSPS) is 14.2. The summed E-state index contributed by atoms with van der Waals surface area (Å²) >= 11 is 0. The van der Waals surface area contributed by atoms with Crippen LogP contribution in [0.25, 0.3) is 53.7 Å². The Balaban J connectivity index is 0.000000381. The quantitative estimate of drug-likeness (QED) is 0.125. The van der Waals surface area contributed by atoms with Crippen LogP contribution in [0.15, 0.2) is 48.5 Å². The topological polar surface area (TPSA) is 126 Å². The van der Waals surface area contributed by atoms with Crippen LogP contribution >= 0.6 is 0 Å². The molecule has 38 heavy (non-hydrogen) atoms. The fourth-order valence-corrected chi connectivity index (χ4v) is 5.52. The molecule has 0 radical (unpaired) electrons. The number of carbonyl (C=O) groups is 4. The summed E-state index contributed by atoms with van der Waals surface area (Å²) in [6, 6.07) is 14.4. The van der Waals surface area contributed by atoms with Gasteiger partial charge in [0, 0.05) is 40.1 Å². The molecule has 0 aliphatic carbocycles. The van der Waals surface area contributed by atoms with Gasteiger partial charge in [0.2, 0.25) is 0 Å². The van der Waals surface area contributed by atoms with Gasteiger partial charge in [-0.1, -0.05) is 42.8 Å². The van der Waals surface area contributed by atoms with Crippen molar-refractivity contribution in [1.29, 1.82) is 0 Å². The number of nitrogens with two attached hydrogens (primary N) is 1. The van der Waals surface area contributed by atoms with Gasteiger partial charge in [-0.25, -0.2) is 0 Å². The van der Waals surface area contributed by atoms with Crippen molar-refractivity contribution in [1.82, 2.24) is 4.90 Å². The van der Waals surface area contributed by atoms with Gasteiger partial charge in [-0.15, -0.1) is 6.54 Å². The number of imide groups is 2. The average Bonchev–Trinajstić information content (AvgIpc) is 2.91. The smallest absolute Gasteiger partial charge is 0.665 e. The molecule has 9 heteroatoms. The third-order valence-corrected chi connectivity index (χ3v) is 7.22. The molecule has 0 aromatic heterocycles. The monoisotopic (exact) mass is 674 g/mol. The van der Waals surface area contributed by atoms with E-state index in [-0.39, 0.29) is 32.9 Å². The molecule has 0 fully saturated rings. The molecule has 2 aliphatic heterocycles. The number of rotatable bonds is 3. The molecular weight excluding hydrogens is 652 g/mol. The summed E-state index contributed by atoms with van der Waals surface area (Å²) in [6.07, 6.45) is 1.02. The van der Waals surface area contributed by atoms with Gasteiger partial charge >= 0.3 is 21.1 Å². The summed E-state index contributed by atoms with van der Waals surface area (Å²) in [4.78, 5) is 51.6. The van der Waals surface area contributed by atoms with E-state index in [1.54, 1.807) is 31.3 Å². The van der Waals surface area contributed by atoms with Crippen molar-refractivity contribution in [2.24, 2.45) is 5.73 Å². The summed E-state index contributed by atoms with van der Waals surface area (Å²) in [5.74, 6) is -1.71. The first-order valence-corrected chi connectivity index (χ1v) is 12.0. The van der Waals surface area contributed by atoms with Gasteiger partial charge in [-0.05, 0) is 51.0 Å². The Morgan fingerprint density at radius 1 is 0.684 bits per heavy atom.